The number of anilines is 1. The van der Waals surface area contributed by atoms with Crippen LogP contribution in [0.2, 0.25) is 0 Å². The van der Waals surface area contributed by atoms with Gasteiger partial charge in [-0.3, -0.25) is 4.79 Å². The fourth-order valence-corrected chi connectivity index (χ4v) is 3.47. The van der Waals surface area contributed by atoms with Gasteiger partial charge >= 0.3 is 0 Å². The summed E-state index contributed by atoms with van der Waals surface area (Å²) in [6, 6.07) is 17.1. The Morgan fingerprint density at radius 1 is 1.10 bits per heavy atom. The molecule has 0 saturated heterocycles. The molecule has 150 valence electrons. The van der Waals surface area contributed by atoms with E-state index in [2.05, 4.69) is 20.6 Å². The van der Waals surface area contributed by atoms with Gasteiger partial charge in [-0.05, 0) is 56.2 Å². The standard InChI is InChI=1S/C23H21N5O2/c1-15-20(22(29)24-18-8-3-2-4-9-18)14-28(26-15)19-12-10-16(11-13-19)21-25-23(30-27-21)17-6-5-7-17/h2-4,8-14,17H,5-7H2,1H3,(H,24,29). The summed E-state index contributed by atoms with van der Waals surface area (Å²) in [7, 11) is 0. The SMILES string of the molecule is Cc1nn(-c2ccc(-c3noc(C4CCC4)n3)cc2)cc1C(=O)Nc1ccccc1. The summed E-state index contributed by atoms with van der Waals surface area (Å²) in [5, 5.41) is 11.5. The van der Waals surface area contributed by atoms with Crippen LogP contribution in [-0.2, 0) is 0 Å². The lowest BCUT2D eigenvalue weighted by atomic mass is 9.85. The molecule has 2 aromatic carbocycles. The highest BCUT2D eigenvalue weighted by Gasteiger charge is 2.25. The Balaban J connectivity index is 1.34. The summed E-state index contributed by atoms with van der Waals surface area (Å²) in [6.07, 6.45) is 5.22. The van der Waals surface area contributed by atoms with Crippen LogP contribution in [0.25, 0.3) is 17.1 Å². The van der Waals surface area contributed by atoms with Crippen LogP contribution in [0.5, 0.6) is 0 Å². The third-order valence-corrected chi connectivity index (χ3v) is 5.46. The lowest BCUT2D eigenvalue weighted by Gasteiger charge is -2.20. The van der Waals surface area contributed by atoms with Crippen LogP contribution in [0.4, 0.5) is 5.69 Å². The number of aryl methyl sites for hydroxylation is 1. The van der Waals surface area contributed by atoms with Gasteiger partial charge in [-0.25, -0.2) is 4.68 Å². The van der Waals surface area contributed by atoms with Crippen LogP contribution in [0, 0.1) is 6.92 Å². The molecule has 1 fully saturated rings. The summed E-state index contributed by atoms with van der Waals surface area (Å²) in [5.41, 5.74) is 3.68. The van der Waals surface area contributed by atoms with Crippen LogP contribution in [0.1, 0.15) is 47.1 Å². The van der Waals surface area contributed by atoms with Crippen LogP contribution in [0.3, 0.4) is 0 Å². The molecule has 1 saturated carbocycles. The predicted octanol–water partition coefficient (Wildman–Crippen LogP) is 4.75. The first-order valence-corrected chi connectivity index (χ1v) is 10.0. The first-order valence-electron chi connectivity index (χ1n) is 10.0. The van der Waals surface area contributed by atoms with E-state index in [0.29, 0.717) is 23.0 Å². The Morgan fingerprint density at radius 3 is 2.57 bits per heavy atom. The molecule has 7 heteroatoms. The average molecular weight is 399 g/mol. The van der Waals surface area contributed by atoms with E-state index in [9.17, 15) is 4.79 Å². The molecule has 0 spiro atoms. The number of amides is 1. The van der Waals surface area contributed by atoms with Gasteiger partial charge in [0.15, 0.2) is 0 Å². The van der Waals surface area contributed by atoms with Crippen LogP contribution in [0.15, 0.2) is 65.3 Å². The normalized spacial score (nSPS) is 13.8. The smallest absolute Gasteiger partial charge is 0.259 e. The van der Waals surface area contributed by atoms with Crippen molar-refractivity contribution in [2.75, 3.05) is 5.32 Å². The molecular formula is C23H21N5O2. The maximum atomic E-state index is 12.6. The number of rotatable bonds is 5. The largest absolute Gasteiger partial charge is 0.339 e. The van der Waals surface area contributed by atoms with E-state index < -0.39 is 0 Å². The minimum Gasteiger partial charge on any atom is -0.339 e. The summed E-state index contributed by atoms with van der Waals surface area (Å²) < 4.78 is 7.11. The van der Waals surface area contributed by atoms with Crippen molar-refractivity contribution < 1.29 is 9.32 Å². The number of nitrogens with zero attached hydrogens (tertiary/aromatic N) is 4. The molecule has 0 bridgehead atoms. The van der Waals surface area contributed by atoms with E-state index in [1.807, 2.05) is 61.5 Å². The zero-order valence-corrected chi connectivity index (χ0v) is 16.6. The second kappa shape index (κ2) is 7.59. The molecular weight excluding hydrogens is 378 g/mol. The van der Waals surface area contributed by atoms with E-state index >= 15 is 0 Å². The summed E-state index contributed by atoms with van der Waals surface area (Å²) in [5.74, 6) is 1.56. The maximum Gasteiger partial charge on any atom is 0.259 e. The number of aromatic nitrogens is 4. The zero-order valence-electron chi connectivity index (χ0n) is 16.6. The molecule has 1 aliphatic carbocycles. The molecule has 1 aliphatic rings. The first-order chi connectivity index (χ1) is 14.7. The molecule has 7 nitrogen and oxygen atoms in total. The molecule has 5 rings (SSSR count). The van der Waals surface area contributed by atoms with Gasteiger partial charge in [-0.2, -0.15) is 10.1 Å². The number of benzene rings is 2. The van der Waals surface area contributed by atoms with E-state index in [1.165, 1.54) is 6.42 Å². The minimum atomic E-state index is -0.183. The topological polar surface area (TPSA) is 85.8 Å². The highest BCUT2D eigenvalue weighted by Crippen LogP contribution is 2.36. The number of carbonyl (C=O) groups is 1. The molecule has 4 aromatic rings. The molecule has 2 aromatic heterocycles. The first kappa shape index (κ1) is 18.3. The Kier molecular flexibility index (Phi) is 4.63. The van der Waals surface area contributed by atoms with Crippen molar-refractivity contribution in [1.29, 1.82) is 0 Å². The van der Waals surface area contributed by atoms with E-state index in [1.54, 1.807) is 10.9 Å². The number of para-hydroxylation sites is 1. The second-order valence-electron chi connectivity index (χ2n) is 7.52. The Labute approximate surface area is 173 Å². The maximum absolute atomic E-state index is 12.6. The number of hydrogen-bond donors (Lipinski definition) is 1. The van der Waals surface area contributed by atoms with Crippen molar-refractivity contribution in [2.24, 2.45) is 0 Å². The van der Waals surface area contributed by atoms with Gasteiger partial charge in [0.2, 0.25) is 11.7 Å². The van der Waals surface area contributed by atoms with E-state index in [4.69, 9.17) is 4.52 Å². The van der Waals surface area contributed by atoms with Crippen molar-refractivity contribution in [3.8, 4) is 17.1 Å². The molecule has 0 unspecified atom stereocenters. The van der Waals surface area contributed by atoms with Gasteiger partial charge in [0.25, 0.3) is 5.91 Å². The van der Waals surface area contributed by atoms with Gasteiger partial charge < -0.3 is 9.84 Å². The van der Waals surface area contributed by atoms with E-state index in [-0.39, 0.29) is 5.91 Å². The van der Waals surface area contributed by atoms with E-state index in [0.717, 1.165) is 35.7 Å². The molecule has 1 amide bonds. The van der Waals surface area contributed by atoms with Crippen molar-refractivity contribution in [2.45, 2.75) is 32.1 Å². The molecule has 0 radical (unpaired) electrons. The third-order valence-electron chi connectivity index (χ3n) is 5.46. The average Bonchev–Trinajstić information content (AvgIpc) is 3.35. The van der Waals surface area contributed by atoms with Crippen LogP contribution in [-0.4, -0.2) is 25.8 Å². The van der Waals surface area contributed by atoms with Gasteiger partial charge in [0, 0.05) is 23.4 Å². The van der Waals surface area contributed by atoms with Crippen molar-refractivity contribution in [3.63, 3.8) is 0 Å². The van der Waals surface area contributed by atoms with Crippen molar-refractivity contribution in [3.05, 3.63) is 77.9 Å². The molecule has 2 heterocycles. The van der Waals surface area contributed by atoms with Gasteiger partial charge in [-0.15, -0.1) is 0 Å². The fourth-order valence-electron chi connectivity index (χ4n) is 3.47. The molecule has 1 N–H and O–H groups in total. The summed E-state index contributed by atoms with van der Waals surface area (Å²) >= 11 is 0. The second-order valence-corrected chi connectivity index (χ2v) is 7.52. The highest BCUT2D eigenvalue weighted by atomic mass is 16.5. The quantitative estimate of drug-likeness (QED) is 0.523. The lowest BCUT2D eigenvalue weighted by Crippen LogP contribution is -2.12. The summed E-state index contributed by atoms with van der Waals surface area (Å²) in [4.78, 5) is 17.1. The summed E-state index contributed by atoms with van der Waals surface area (Å²) in [6.45, 7) is 1.83. The van der Waals surface area contributed by atoms with Crippen LogP contribution >= 0.6 is 0 Å². The highest BCUT2D eigenvalue weighted by molar-refractivity contribution is 6.04. The monoisotopic (exact) mass is 399 g/mol. The molecule has 0 atom stereocenters. The zero-order chi connectivity index (χ0) is 20.5. The van der Waals surface area contributed by atoms with Crippen LogP contribution < -0.4 is 5.32 Å². The van der Waals surface area contributed by atoms with Gasteiger partial charge in [-0.1, -0.05) is 29.8 Å². The Morgan fingerprint density at radius 2 is 1.87 bits per heavy atom. The third kappa shape index (κ3) is 3.50. The van der Waals surface area contributed by atoms with Gasteiger partial charge in [0.1, 0.15) is 0 Å². The Bertz CT molecular complexity index is 1170. The molecule has 0 aliphatic heterocycles. The van der Waals surface area contributed by atoms with Crippen molar-refractivity contribution >= 4 is 11.6 Å². The lowest BCUT2D eigenvalue weighted by molar-refractivity contribution is 0.102. The van der Waals surface area contributed by atoms with Gasteiger partial charge in [0.05, 0.1) is 16.9 Å². The number of carbonyl (C=O) groups excluding carboxylic acids is 1. The number of hydrogen-bond acceptors (Lipinski definition) is 5. The minimum absolute atomic E-state index is 0.183. The molecule has 30 heavy (non-hydrogen) atoms. The Hall–Kier alpha value is -3.74. The number of nitrogens with one attached hydrogen (secondary N) is 1. The predicted molar refractivity (Wildman–Crippen MR) is 113 cm³/mol. The van der Waals surface area contributed by atoms with Crippen molar-refractivity contribution in [1.82, 2.24) is 19.9 Å². The fraction of sp³-hybridized carbons (Fsp3) is 0.217.